The Balaban J connectivity index is 2.25. The molecule has 2 aromatic rings. The van der Waals surface area contributed by atoms with Gasteiger partial charge in [-0.15, -0.1) is 0 Å². The van der Waals surface area contributed by atoms with E-state index in [4.69, 9.17) is 10.5 Å². The summed E-state index contributed by atoms with van der Waals surface area (Å²) in [6.45, 7) is 4.01. The molecule has 0 saturated carbocycles. The Morgan fingerprint density at radius 1 is 1.16 bits per heavy atom. The first kappa shape index (κ1) is 14.3. The standard InChI is InChI=1S/C15H16BrNOS/c1-10(2)18-12-7-11(17)8-13(9-12)19-15-6-4-3-5-14(15)16/h3-10H,17H2,1-2H3. The fourth-order valence-electron chi connectivity index (χ4n) is 1.65. The van der Waals surface area contributed by atoms with Crippen LogP contribution in [0.4, 0.5) is 5.69 Å². The quantitative estimate of drug-likeness (QED) is 0.800. The van der Waals surface area contributed by atoms with E-state index >= 15 is 0 Å². The van der Waals surface area contributed by atoms with Crippen molar-refractivity contribution >= 4 is 33.4 Å². The fraction of sp³-hybridized carbons (Fsp3) is 0.200. The molecule has 0 bridgehead atoms. The van der Waals surface area contributed by atoms with Crippen LogP contribution in [0.25, 0.3) is 0 Å². The average Bonchev–Trinajstić information content (AvgIpc) is 2.30. The van der Waals surface area contributed by atoms with Gasteiger partial charge >= 0.3 is 0 Å². The fourth-order valence-corrected chi connectivity index (χ4v) is 3.11. The van der Waals surface area contributed by atoms with Crippen LogP contribution in [0.1, 0.15) is 13.8 Å². The van der Waals surface area contributed by atoms with Crippen LogP contribution >= 0.6 is 27.7 Å². The third-order valence-corrected chi connectivity index (χ3v) is 4.34. The van der Waals surface area contributed by atoms with E-state index in [1.165, 1.54) is 0 Å². The molecule has 2 N–H and O–H groups in total. The Morgan fingerprint density at radius 3 is 2.58 bits per heavy atom. The van der Waals surface area contributed by atoms with Gasteiger partial charge in [-0.1, -0.05) is 23.9 Å². The molecule has 0 saturated heterocycles. The van der Waals surface area contributed by atoms with E-state index in [0.717, 1.165) is 20.0 Å². The molecule has 0 fully saturated rings. The van der Waals surface area contributed by atoms with Gasteiger partial charge in [0.15, 0.2) is 0 Å². The Morgan fingerprint density at radius 2 is 1.89 bits per heavy atom. The summed E-state index contributed by atoms with van der Waals surface area (Å²) in [6, 6.07) is 13.9. The predicted octanol–water partition coefficient (Wildman–Crippen LogP) is 4.97. The number of anilines is 1. The zero-order valence-corrected chi connectivity index (χ0v) is 13.3. The molecule has 0 aliphatic heterocycles. The van der Waals surface area contributed by atoms with Crippen molar-refractivity contribution < 1.29 is 4.74 Å². The van der Waals surface area contributed by atoms with Crippen molar-refractivity contribution in [2.75, 3.05) is 5.73 Å². The molecule has 0 radical (unpaired) electrons. The van der Waals surface area contributed by atoms with Gasteiger partial charge in [0.2, 0.25) is 0 Å². The minimum Gasteiger partial charge on any atom is -0.491 e. The zero-order valence-electron chi connectivity index (χ0n) is 10.9. The first-order valence-electron chi connectivity index (χ1n) is 6.04. The van der Waals surface area contributed by atoms with Crippen LogP contribution in [-0.4, -0.2) is 6.10 Å². The van der Waals surface area contributed by atoms with Crippen LogP contribution < -0.4 is 10.5 Å². The van der Waals surface area contributed by atoms with E-state index in [1.807, 2.05) is 50.2 Å². The van der Waals surface area contributed by atoms with Gasteiger partial charge in [-0.3, -0.25) is 0 Å². The summed E-state index contributed by atoms with van der Waals surface area (Å²) >= 11 is 5.21. The number of nitrogen functional groups attached to an aromatic ring is 1. The van der Waals surface area contributed by atoms with Gasteiger partial charge in [0.05, 0.1) is 6.10 Å². The maximum absolute atomic E-state index is 5.92. The average molecular weight is 338 g/mol. The maximum atomic E-state index is 5.92. The highest BCUT2D eigenvalue weighted by Gasteiger charge is 2.06. The van der Waals surface area contributed by atoms with Crippen LogP contribution in [0.2, 0.25) is 0 Å². The molecule has 2 aromatic carbocycles. The van der Waals surface area contributed by atoms with Crippen molar-refractivity contribution in [3.8, 4) is 5.75 Å². The molecule has 0 unspecified atom stereocenters. The first-order valence-corrected chi connectivity index (χ1v) is 7.65. The number of nitrogens with two attached hydrogens (primary N) is 1. The van der Waals surface area contributed by atoms with Gasteiger partial charge in [0, 0.05) is 26.0 Å². The highest BCUT2D eigenvalue weighted by molar-refractivity contribution is 9.10. The Kier molecular flexibility index (Phi) is 4.77. The van der Waals surface area contributed by atoms with Crippen LogP contribution in [0.15, 0.2) is 56.7 Å². The highest BCUT2D eigenvalue weighted by Crippen LogP contribution is 2.36. The number of hydrogen-bond acceptors (Lipinski definition) is 3. The van der Waals surface area contributed by atoms with Gasteiger partial charge < -0.3 is 10.5 Å². The Hall–Kier alpha value is -1.13. The summed E-state index contributed by atoms with van der Waals surface area (Å²) < 4.78 is 6.78. The largest absolute Gasteiger partial charge is 0.491 e. The van der Waals surface area contributed by atoms with Crippen molar-refractivity contribution in [2.24, 2.45) is 0 Å². The summed E-state index contributed by atoms with van der Waals surface area (Å²) in [6.07, 6.45) is 0.142. The highest BCUT2D eigenvalue weighted by atomic mass is 79.9. The summed E-state index contributed by atoms with van der Waals surface area (Å²) in [4.78, 5) is 2.23. The second kappa shape index (κ2) is 6.35. The topological polar surface area (TPSA) is 35.2 Å². The molecule has 0 aliphatic carbocycles. The van der Waals surface area contributed by atoms with Gasteiger partial charge in [-0.05, 0) is 54.0 Å². The molecule has 100 valence electrons. The molecule has 0 amide bonds. The molecule has 4 heteroatoms. The van der Waals surface area contributed by atoms with E-state index in [0.29, 0.717) is 5.69 Å². The van der Waals surface area contributed by atoms with E-state index in [-0.39, 0.29) is 6.10 Å². The lowest BCUT2D eigenvalue weighted by atomic mass is 10.3. The lowest BCUT2D eigenvalue weighted by Gasteiger charge is -2.12. The Bertz CT molecular complexity index is 572. The van der Waals surface area contributed by atoms with Gasteiger partial charge in [0.1, 0.15) is 5.75 Å². The summed E-state index contributed by atoms with van der Waals surface area (Å²) in [7, 11) is 0. The van der Waals surface area contributed by atoms with E-state index in [1.54, 1.807) is 11.8 Å². The van der Waals surface area contributed by atoms with Crippen molar-refractivity contribution in [3.05, 3.63) is 46.9 Å². The molecule has 0 aliphatic rings. The van der Waals surface area contributed by atoms with E-state index < -0.39 is 0 Å². The normalized spacial score (nSPS) is 10.7. The van der Waals surface area contributed by atoms with Crippen LogP contribution in [0.5, 0.6) is 5.75 Å². The number of ether oxygens (including phenoxy) is 1. The maximum Gasteiger partial charge on any atom is 0.122 e. The third kappa shape index (κ3) is 4.18. The summed E-state index contributed by atoms with van der Waals surface area (Å²) in [5.74, 6) is 0.810. The van der Waals surface area contributed by atoms with Crippen molar-refractivity contribution in [3.63, 3.8) is 0 Å². The van der Waals surface area contributed by atoms with E-state index in [9.17, 15) is 0 Å². The lowest BCUT2D eigenvalue weighted by Crippen LogP contribution is -2.05. The van der Waals surface area contributed by atoms with Gasteiger partial charge in [-0.25, -0.2) is 0 Å². The first-order chi connectivity index (χ1) is 9.04. The molecule has 2 rings (SSSR count). The SMILES string of the molecule is CC(C)Oc1cc(N)cc(Sc2ccccc2Br)c1. The van der Waals surface area contributed by atoms with Gasteiger partial charge in [0.25, 0.3) is 0 Å². The molecule has 0 aromatic heterocycles. The lowest BCUT2D eigenvalue weighted by molar-refractivity contribution is 0.242. The molecule has 19 heavy (non-hydrogen) atoms. The zero-order chi connectivity index (χ0) is 13.8. The van der Waals surface area contributed by atoms with Crippen molar-refractivity contribution in [1.82, 2.24) is 0 Å². The number of hydrogen-bond donors (Lipinski definition) is 1. The summed E-state index contributed by atoms with van der Waals surface area (Å²) in [5.41, 5.74) is 6.64. The minimum absolute atomic E-state index is 0.142. The molecule has 0 heterocycles. The molecule has 0 atom stereocenters. The van der Waals surface area contributed by atoms with Crippen LogP contribution in [-0.2, 0) is 0 Å². The smallest absolute Gasteiger partial charge is 0.122 e. The molecular formula is C15H16BrNOS. The molecule has 2 nitrogen and oxygen atoms in total. The number of rotatable bonds is 4. The predicted molar refractivity (Wildman–Crippen MR) is 84.9 cm³/mol. The van der Waals surface area contributed by atoms with Crippen LogP contribution in [0.3, 0.4) is 0 Å². The number of benzene rings is 2. The number of halogens is 1. The monoisotopic (exact) mass is 337 g/mol. The van der Waals surface area contributed by atoms with Crippen molar-refractivity contribution in [2.45, 2.75) is 29.7 Å². The van der Waals surface area contributed by atoms with E-state index in [2.05, 4.69) is 22.0 Å². The molecular weight excluding hydrogens is 322 g/mol. The molecule has 0 spiro atoms. The van der Waals surface area contributed by atoms with Gasteiger partial charge in [-0.2, -0.15) is 0 Å². The second-order valence-electron chi connectivity index (χ2n) is 4.44. The minimum atomic E-state index is 0.142. The third-order valence-electron chi connectivity index (χ3n) is 2.34. The second-order valence-corrected chi connectivity index (χ2v) is 6.41. The summed E-state index contributed by atoms with van der Waals surface area (Å²) in [5, 5.41) is 0. The van der Waals surface area contributed by atoms with Crippen molar-refractivity contribution in [1.29, 1.82) is 0 Å². The van der Waals surface area contributed by atoms with Crippen LogP contribution in [0, 0.1) is 0 Å². The Labute approximate surface area is 126 Å².